The van der Waals surface area contributed by atoms with Crippen LogP contribution < -0.4 is 20.9 Å². The van der Waals surface area contributed by atoms with E-state index in [0.29, 0.717) is 13.2 Å². The second-order valence-electron chi connectivity index (χ2n) is 4.29. The molecule has 0 bridgehead atoms. The number of hydrogen-bond acceptors (Lipinski definition) is 4. The minimum Gasteiger partial charge on any atom is -0.486 e. The Morgan fingerprint density at radius 1 is 1.11 bits per heavy atom. The first-order chi connectivity index (χ1) is 8.31. The van der Waals surface area contributed by atoms with Gasteiger partial charge >= 0.3 is 0 Å². The van der Waals surface area contributed by atoms with E-state index in [2.05, 4.69) is 0 Å². The molecule has 4 N–H and O–H groups in total. The summed E-state index contributed by atoms with van der Waals surface area (Å²) in [6.07, 6.45) is 3.04. The van der Waals surface area contributed by atoms with Gasteiger partial charge in [0.15, 0.2) is 11.5 Å². The summed E-state index contributed by atoms with van der Waals surface area (Å²) < 4.78 is 11.0. The van der Waals surface area contributed by atoms with Crippen LogP contribution in [0.25, 0.3) is 0 Å². The van der Waals surface area contributed by atoms with E-state index in [1.807, 2.05) is 18.2 Å². The number of benzene rings is 1. The molecule has 1 heterocycles. The molecule has 0 unspecified atom stereocenters. The van der Waals surface area contributed by atoms with Gasteiger partial charge in [0.05, 0.1) is 0 Å². The Balaban J connectivity index is 0.00000162. The van der Waals surface area contributed by atoms with Crippen molar-refractivity contribution in [3.05, 3.63) is 23.8 Å². The van der Waals surface area contributed by atoms with Crippen molar-refractivity contribution in [1.82, 2.24) is 0 Å². The van der Waals surface area contributed by atoms with Gasteiger partial charge in [0.1, 0.15) is 13.2 Å². The van der Waals surface area contributed by atoms with E-state index in [9.17, 15) is 0 Å². The standard InChI is InChI=1S/C13H20N2O2.ClH/c14-6-2-1-3-11(15)10-4-5-12-13(9-10)17-8-7-16-12;/h4-5,9,11H,1-3,6-8,14-15H2;1H/t11-;/m0./s1. The maximum atomic E-state index is 6.13. The Labute approximate surface area is 114 Å². The van der Waals surface area contributed by atoms with Crippen LogP contribution in [0.2, 0.25) is 0 Å². The fraction of sp³-hybridized carbons (Fsp3) is 0.538. The van der Waals surface area contributed by atoms with E-state index in [1.165, 1.54) is 0 Å². The summed E-state index contributed by atoms with van der Waals surface area (Å²) in [6.45, 7) is 1.96. The third-order valence-electron chi connectivity index (χ3n) is 2.96. The lowest BCUT2D eigenvalue weighted by Gasteiger charge is -2.20. The van der Waals surface area contributed by atoms with Gasteiger partial charge in [-0.15, -0.1) is 12.4 Å². The fourth-order valence-electron chi connectivity index (χ4n) is 1.97. The van der Waals surface area contributed by atoms with Crippen LogP contribution in [0.15, 0.2) is 18.2 Å². The molecular formula is C13H21ClN2O2. The van der Waals surface area contributed by atoms with Crippen molar-refractivity contribution in [2.45, 2.75) is 25.3 Å². The second kappa shape index (κ2) is 7.46. The van der Waals surface area contributed by atoms with Gasteiger partial charge in [-0.2, -0.15) is 0 Å². The summed E-state index contributed by atoms with van der Waals surface area (Å²) in [4.78, 5) is 0. The maximum absolute atomic E-state index is 6.13. The van der Waals surface area contributed by atoms with Crippen LogP contribution in [0, 0.1) is 0 Å². The number of ether oxygens (including phenoxy) is 2. The molecule has 1 aliphatic heterocycles. The van der Waals surface area contributed by atoms with E-state index in [0.717, 1.165) is 42.9 Å². The topological polar surface area (TPSA) is 70.5 Å². The molecule has 18 heavy (non-hydrogen) atoms. The molecule has 0 saturated carbocycles. The number of hydrogen-bond donors (Lipinski definition) is 2. The van der Waals surface area contributed by atoms with E-state index >= 15 is 0 Å². The van der Waals surface area contributed by atoms with Crippen molar-refractivity contribution in [1.29, 1.82) is 0 Å². The zero-order valence-corrected chi connectivity index (χ0v) is 11.2. The van der Waals surface area contributed by atoms with Crippen LogP contribution in [0.5, 0.6) is 11.5 Å². The number of halogens is 1. The Kier molecular flexibility index (Phi) is 6.25. The average Bonchev–Trinajstić information content (AvgIpc) is 2.38. The van der Waals surface area contributed by atoms with E-state index in [4.69, 9.17) is 20.9 Å². The molecule has 0 aromatic heterocycles. The highest BCUT2D eigenvalue weighted by Gasteiger charge is 2.14. The van der Waals surface area contributed by atoms with Gasteiger partial charge in [-0.3, -0.25) is 0 Å². The van der Waals surface area contributed by atoms with Crippen LogP contribution in [0.3, 0.4) is 0 Å². The predicted molar refractivity (Wildman–Crippen MR) is 74.5 cm³/mol. The normalized spacial score (nSPS) is 14.8. The summed E-state index contributed by atoms with van der Waals surface area (Å²) >= 11 is 0. The average molecular weight is 273 g/mol. The number of nitrogens with two attached hydrogens (primary N) is 2. The number of unbranched alkanes of at least 4 members (excludes halogenated alkanes) is 1. The van der Waals surface area contributed by atoms with E-state index in [-0.39, 0.29) is 18.4 Å². The third-order valence-corrected chi connectivity index (χ3v) is 2.96. The largest absolute Gasteiger partial charge is 0.486 e. The van der Waals surface area contributed by atoms with Crippen LogP contribution in [-0.4, -0.2) is 19.8 Å². The molecule has 0 fully saturated rings. The van der Waals surface area contributed by atoms with E-state index in [1.54, 1.807) is 0 Å². The summed E-state index contributed by atoms with van der Waals surface area (Å²) in [5.41, 5.74) is 12.7. The van der Waals surface area contributed by atoms with Crippen molar-refractivity contribution in [2.24, 2.45) is 11.5 Å². The van der Waals surface area contributed by atoms with E-state index < -0.39 is 0 Å². The molecule has 0 amide bonds. The van der Waals surface area contributed by atoms with Crippen molar-refractivity contribution in [3.63, 3.8) is 0 Å². The summed E-state index contributed by atoms with van der Waals surface area (Å²) in [5, 5.41) is 0. The predicted octanol–water partition coefficient (Wildman–Crippen LogP) is 2.01. The van der Waals surface area contributed by atoms with Gasteiger partial charge in [-0.25, -0.2) is 0 Å². The lowest BCUT2D eigenvalue weighted by atomic mass is 10.0. The highest BCUT2D eigenvalue weighted by Crippen LogP contribution is 2.32. The maximum Gasteiger partial charge on any atom is 0.161 e. The zero-order valence-electron chi connectivity index (χ0n) is 10.4. The summed E-state index contributed by atoms with van der Waals surface area (Å²) in [6, 6.07) is 5.99. The molecule has 0 radical (unpaired) electrons. The van der Waals surface area contributed by atoms with Crippen molar-refractivity contribution < 1.29 is 9.47 Å². The minimum atomic E-state index is 0. The van der Waals surface area contributed by atoms with Gasteiger partial charge in [0.2, 0.25) is 0 Å². The van der Waals surface area contributed by atoms with Crippen molar-refractivity contribution in [3.8, 4) is 11.5 Å². The molecule has 2 rings (SSSR count). The highest BCUT2D eigenvalue weighted by atomic mass is 35.5. The van der Waals surface area contributed by atoms with Gasteiger partial charge in [0, 0.05) is 6.04 Å². The van der Waals surface area contributed by atoms with Gasteiger partial charge in [-0.05, 0) is 37.1 Å². The Morgan fingerprint density at radius 2 is 1.83 bits per heavy atom. The molecule has 102 valence electrons. The Hall–Kier alpha value is -0.970. The summed E-state index contributed by atoms with van der Waals surface area (Å²) in [7, 11) is 0. The minimum absolute atomic E-state index is 0. The van der Waals surface area contributed by atoms with Gasteiger partial charge in [-0.1, -0.05) is 12.5 Å². The highest BCUT2D eigenvalue weighted by molar-refractivity contribution is 5.85. The van der Waals surface area contributed by atoms with Crippen molar-refractivity contribution in [2.75, 3.05) is 19.8 Å². The molecule has 1 aliphatic rings. The first kappa shape index (κ1) is 15.1. The monoisotopic (exact) mass is 272 g/mol. The SMILES string of the molecule is Cl.NCCCC[C@H](N)c1ccc2c(c1)OCCO2. The molecule has 1 atom stereocenters. The molecule has 1 aromatic carbocycles. The van der Waals surface area contributed by atoms with Crippen LogP contribution in [0.4, 0.5) is 0 Å². The second-order valence-corrected chi connectivity index (χ2v) is 4.29. The lowest BCUT2D eigenvalue weighted by molar-refractivity contribution is 0.171. The Bertz CT molecular complexity index is 374. The van der Waals surface area contributed by atoms with Crippen LogP contribution in [-0.2, 0) is 0 Å². The summed E-state index contributed by atoms with van der Waals surface area (Å²) in [5.74, 6) is 1.62. The van der Waals surface area contributed by atoms with Crippen LogP contribution >= 0.6 is 12.4 Å². The fourth-order valence-corrected chi connectivity index (χ4v) is 1.97. The molecule has 5 heteroatoms. The quantitative estimate of drug-likeness (QED) is 0.805. The molecule has 1 aromatic rings. The zero-order chi connectivity index (χ0) is 12.1. The number of rotatable bonds is 5. The molecular weight excluding hydrogens is 252 g/mol. The molecule has 0 spiro atoms. The van der Waals surface area contributed by atoms with Crippen LogP contribution in [0.1, 0.15) is 30.9 Å². The molecule has 4 nitrogen and oxygen atoms in total. The molecule has 0 saturated heterocycles. The smallest absolute Gasteiger partial charge is 0.161 e. The molecule has 0 aliphatic carbocycles. The first-order valence-electron chi connectivity index (χ1n) is 6.16. The lowest BCUT2D eigenvalue weighted by Crippen LogP contribution is -2.17. The Morgan fingerprint density at radius 3 is 2.56 bits per heavy atom. The first-order valence-corrected chi connectivity index (χ1v) is 6.16. The third kappa shape index (κ3) is 3.77. The van der Waals surface area contributed by atoms with Gasteiger partial charge < -0.3 is 20.9 Å². The number of fused-ring (bicyclic) bond motifs is 1. The van der Waals surface area contributed by atoms with Crippen molar-refractivity contribution >= 4 is 12.4 Å². The van der Waals surface area contributed by atoms with Gasteiger partial charge in [0.25, 0.3) is 0 Å².